The summed E-state index contributed by atoms with van der Waals surface area (Å²) in [7, 11) is 0. The Morgan fingerprint density at radius 1 is 1.50 bits per heavy atom. The Morgan fingerprint density at radius 3 is 2.83 bits per heavy atom. The van der Waals surface area contributed by atoms with Gasteiger partial charge >= 0.3 is 0 Å². The van der Waals surface area contributed by atoms with Crippen molar-refractivity contribution in [2.45, 2.75) is 6.92 Å². The van der Waals surface area contributed by atoms with E-state index in [2.05, 4.69) is 43.7 Å². The molecule has 0 aromatic carbocycles. The Kier molecular flexibility index (Phi) is 2.25. The fraction of sp³-hybridized carbons (Fsp3) is 0.143. The third-order valence-corrected chi connectivity index (χ3v) is 3.93. The van der Waals surface area contributed by atoms with Crippen molar-refractivity contribution in [2.24, 2.45) is 0 Å². The predicted octanol–water partition coefficient (Wildman–Crippen LogP) is 3.34. The molecular formula is C7H5BrN2S2. The maximum absolute atomic E-state index is 4.25. The second-order valence-corrected chi connectivity index (χ2v) is 4.68. The number of rotatable bonds is 1. The zero-order valence-electron chi connectivity index (χ0n) is 6.24. The van der Waals surface area contributed by atoms with Crippen LogP contribution in [0.1, 0.15) is 5.56 Å². The van der Waals surface area contributed by atoms with Crippen LogP contribution in [0.3, 0.4) is 0 Å². The van der Waals surface area contributed by atoms with Crippen molar-refractivity contribution in [2.75, 3.05) is 0 Å². The van der Waals surface area contributed by atoms with Gasteiger partial charge in [0.25, 0.3) is 0 Å². The van der Waals surface area contributed by atoms with Crippen molar-refractivity contribution in [3.05, 3.63) is 21.7 Å². The summed E-state index contributed by atoms with van der Waals surface area (Å²) in [4.78, 5) is 5.47. The predicted molar refractivity (Wildman–Crippen MR) is 55.7 cm³/mol. The molecule has 0 spiro atoms. The van der Waals surface area contributed by atoms with E-state index in [4.69, 9.17) is 0 Å². The molecule has 0 fully saturated rings. The summed E-state index contributed by atoms with van der Waals surface area (Å²) in [5.41, 5.74) is 1.27. The molecule has 62 valence electrons. The van der Waals surface area contributed by atoms with Crippen LogP contribution in [0, 0.1) is 6.92 Å². The van der Waals surface area contributed by atoms with Gasteiger partial charge in [-0.3, -0.25) is 0 Å². The lowest BCUT2D eigenvalue weighted by atomic mass is 10.3. The first-order chi connectivity index (χ1) is 5.77. The average Bonchev–Trinajstić information content (AvgIpc) is 2.58. The topological polar surface area (TPSA) is 25.8 Å². The molecule has 0 saturated heterocycles. The van der Waals surface area contributed by atoms with Gasteiger partial charge in [0.15, 0.2) is 5.01 Å². The quantitative estimate of drug-likeness (QED) is 0.786. The Balaban J connectivity index is 2.50. The number of nitrogens with zero attached hydrogens (tertiary/aromatic N) is 2. The number of hydrogen-bond donors (Lipinski definition) is 0. The van der Waals surface area contributed by atoms with Gasteiger partial charge in [0.05, 0.1) is 4.88 Å². The second-order valence-electron chi connectivity index (χ2n) is 2.30. The van der Waals surface area contributed by atoms with E-state index < -0.39 is 0 Å². The molecule has 0 aliphatic heterocycles. The van der Waals surface area contributed by atoms with Gasteiger partial charge in [-0.05, 0) is 51.4 Å². The molecule has 0 radical (unpaired) electrons. The standard InChI is InChI=1S/C7H5BrN2S2/c1-4-2-3-11-5(4)6-9-7(8)10-12-6/h2-3H,1H3. The van der Waals surface area contributed by atoms with Crippen LogP contribution >= 0.6 is 38.8 Å². The Labute approximate surface area is 86.6 Å². The van der Waals surface area contributed by atoms with Crippen LogP contribution in [0.5, 0.6) is 0 Å². The normalized spacial score (nSPS) is 10.5. The third-order valence-electron chi connectivity index (χ3n) is 1.46. The van der Waals surface area contributed by atoms with Crippen LogP contribution in [-0.2, 0) is 0 Å². The number of aryl methyl sites for hydroxylation is 1. The largest absolute Gasteiger partial charge is 0.209 e. The molecule has 0 aliphatic rings. The molecule has 12 heavy (non-hydrogen) atoms. The van der Waals surface area contributed by atoms with Crippen molar-refractivity contribution in [3.63, 3.8) is 0 Å². The summed E-state index contributed by atoms with van der Waals surface area (Å²) < 4.78 is 4.74. The van der Waals surface area contributed by atoms with E-state index in [9.17, 15) is 0 Å². The third kappa shape index (κ3) is 1.44. The van der Waals surface area contributed by atoms with Crippen LogP contribution in [0.15, 0.2) is 16.2 Å². The van der Waals surface area contributed by atoms with E-state index in [0.717, 1.165) is 5.01 Å². The van der Waals surface area contributed by atoms with Crippen molar-refractivity contribution >= 4 is 38.8 Å². The Hall–Kier alpha value is -0.260. The summed E-state index contributed by atoms with van der Waals surface area (Å²) >= 11 is 6.36. The average molecular weight is 261 g/mol. The summed E-state index contributed by atoms with van der Waals surface area (Å²) in [6.07, 6.45) is 0. The summed E-state index contributed by atoms with van der Waals surface area (Å²) in [6.45, 7) is 2.08. The Morgan fingerprint density at radius 2 is 2.33 bits per heavy atom. The molecule has 0 amide bonds. The van der Waals surface area contributed by atoms with Crippen LogP contribution < -0.4 is 0 Å². The number of hydrogen-bond acceptors (Lipinski definition) is 4. The van der Waals surface area contributed by atoms with Crippen LogP contribution in [0.2, 0.25) is 0 Å². The molecular weight excluding hydrogens is 256 g/mol. The highest BCUT2D eigenvalue weighted by Crippen LogP contribution is 2.30. The number of thiophene rings is 1. The van der Waals surface area contributed by atoms with Crippen molar-refractivity contribution < 1.29 is 0 Å². The molecule has 0 aliphatic carbocycles. The van der Waals surface area contributed by atoms with Gasteiger partial charge in [-0.15, -0.1) is 11.3 Å². The number of halogens is 1. The fourth-order valence-electron chi connectivity index (χ4n) is 0.890. The van der Waals surface area contributed by atoms with Gasteiger partial charge in [-0.2, -0.15) is 4.37 Å². The lowest BCUT2D eigenvalue weighted by Crippen LogP contribution is -1.72. The first-order valence-corrected chi connectivity index (χ1v) is 5.75. The van der Waals surface area contributed by atoms with Crippen LogP contribution in [0.4, 0.5) is 0 Å². The minimum absolute atomic E-state index is 0.676. The molecule has 5 heteroatoms. The summed E-state index contributed by atoms with van der Waals surface area (Å²) in [5, 5.41) is 3.06. The highest BCUT2D eigenvalue weighted by molar-refractivity contribution is 9.10. The smallest absolute Gasteiger partial charge is 0.208 e. The van der Waals surface area contributed by atoms with E-state index >= 15 is 0 Å². The highest BCUT2D eigenvalue weighted by atomic mass is 79.9. The van der Waals surface area contributed by atoms with Gasteiger partial charge in [0.1, 0.15) is 0 Å². The zero-order chi connectivity index (χ0) is 8.55. The van der Waals surface area contributed by atoms with Crippen LogP contribution in [0.25, 0.3) is 9.88 Å². The van der Waals surface area contributed by atoms with E-state index in [0.29, 0.717) is 4.73 Å². The maximum Gasteiger partial charge on any atom is 0.209 e. The molecule has 2 aromatic heterocycles. The van der Waals surface area contributed by atoms with Crippen molar-refractivity contribution in [3.8, 4) is 9.88 Å². The first-order valence-electron chi connectivity index (χ1n) is 3.31. The zero-order valence-corrected chi connectivity index (χ0v) is 9.46. The second kappa shape index (κ2) is 3.24. The molecule has 0 atom stereocenters. The lowest BCUT2D eigenvalue weighted by molar-refractivity contribution is 1.26. The first kappa shape index (κ1) is 8.34. The fourth-order valence-corrected chi connectivity index (χ4v) is 3.04. The van der Waals surface area contributed by atoms with Gasteiger partial charge in [-0.25, -0.2) is 4.98 Å². The SMILES string of the molecule is Cc1ccsc1-c1nc(Br)ns1. The molecule has 2 heterocycles. The van der Waals surface area contributed by atoms with E-state index in [1.807, 2.05) is 0 Å². The van der Waals surface area contributed by atoms with E-state index in [1.165, 1.54) is 22.0 Å². The minimum atomic E-state index is 0.676. The van der Waals surface area contributed by atoms with Gasteiger partial charge in [-0.1, -0.05) is 0 Å². The highest BCUT2D eigenvalue weighted by Gasteiger charge is 2.07. The molecule has 0 N–H and O–H groups in total. The van der Waals surface area contributed by atoms with E-state index in [1.54, 1.807) is 11.3 Å². The monoisotopic (exact) mass is 260 g/mol. The minimum Gasteiger partial charge on any atom is -0.208 e. The lowest BCUT2D eigenvalue weighted by Gasteiger charge is -1.89. The Bertz CT molecular complexity index is 394. The van der Waals surface area contributed by atoms with Gasteiger partial charge in [0.2, 0.25) is 4.73 Å². The summed E-state index contributed by atoms with van der Waals surface area (Å²) in [6, 6.07) is 2.09. The molecule has 2 aromatic rings. The summed E-state index contributed by atoms with van der Waals surface area (Å²) in [5.74, 6) is 0. The van der Waals surface area contributed by atoms with E-state index in [-0.39, 0.29) is 0 Å². The van der Waals surface area contributed by atoms with Gasteiger partial charge < -0.3 is 0 Å². The molecule has 2 rings (SSSR count). The molecule has 0 saturated carbocycles. The van der Waals surface area contributed by atoms with Crippen LogP contribution in [-0.4, -0.2) is 9.36 Å². The van der Waals surface area contributed by atoms with Gasteiger partial charge in [0, 0.05) is 0 Å². The molecule has 2 nitrogen and oxygen atoms in total. The number of aromatic nitrogens is 2. The maximum atomic E-state index is 4.25. The molecule has 0 bridgehead atoms. The van der Waals surface area contributed by atoms with Crippen molar-refractivity contribution in [1.82, 2.24) is 9.36 Å². The van der Waals surface area contributed by atoms with Crippen molar-refractivity contribution in [1.29, 1.82) is 0 Å². The molecule has 0 unspecified atom stereocenters.